The number of aliphatic hydroxyl groups excluding tert-OH is 1. The number of aliphatic hydroxyl groups is 1. The van der Waals surface area contributed by atoms with Gasteiger partial charge in [0.1, 0.15) is 4.90 Å². The lowest BCUT2D eigenvalue weighted by molar-refractivity contribution is 0.281. The van der Waals surface area contributed by atoms with Gasteiger partial charge in [0.2, 0.25) is 10.0 Å². The van der Waals surface area contributed by atoms with E-state index in [2.05, 4.69) is 25.3 Å². The van der Waals surface area contributed by atoms with Gasteiger partial charge in [-0.05, 0) is 24.6 Å². The molecule has 0 bridgehead atoms. The molecule has 0 aliphatic heterocycles. The predicted molar refractivity (Wildman–Crippen MR) is 70.3 cm³/mol. The maximum absolute atomic E-state index is 12.3. The Morgan fingerprint density at radius 3 is 2.85 bits per heavy atom. The van der Waals surface area contributed by atoms with Crippen molar-refractivity contribution >= 4 is 21.6 Å². The molecule has 0 amide bonds. The second-order valence-electron chi connectivity index (χ2n) is 4.04. The topological polar surface area (TPSA) is 121 Å². The second kappa shape index (κ2) is 5.83. The maximum Gasteiger partial charge on any atom is 0.242 e. The first kappa shape index (κ1) is 14.9. The standard InChI is InChI=1S/C10H12ClN5O3S/c1-6(10-12-15-16-13-10)14-20(18,19)9-4-7(5-17)2-3-8(9)11/h2-4,6,14,17H,5H2,1H3,(H,12,13,15,16). The van der Waals surface area contributed by atoms with E-state index in [-0.39, 0.29) is 22.3 Å². The lowest BCUT2D eigenvalue weighted by Crippen LogP contribution is -2.28. The minimum atomic E-state index is -3.86. The van der Waals surface area contributed by atoms with Gasteiger partial charge in [-0.15, -0.1) is 10.2 Å². The van der Waals surface area contributed by atoms with Crippen LogP contribution in [0.2, 0.25) is 5.02 Å². The normalized spacial score (nSPS) is 13.3. The van der Waals surface area contributed by atoms with Crippen molar-refractivity contribution in [3.05, 3.63) is 34.6 Å². The fourth-order valence-electron chi connectivity index (χ4n) is 1.55. The summed E-state index contributed by atoms with van der Waals surface area (Å²) in [6.45, 7) is 1.30. The maximum atomic E-state index is 12.3. The lowest BCUT2D eigenvalue weighted by Gasteiger charge is -2.12. The molecule has 2 rings (SSSR count). The number of aromatic nitrogens is 4. The van der Waals surface area contributed by atoms with E-state index in [0.29, 0.717) is 5.56 Å². The number of sulfonamides is 1. The van der Waals surface area contributed by atoms with Crippen LogP contribution in [-0.4, -0.2) is 34.1 Å². The zero-order valence-corrected chi connectivity index (χ0v) is 12.0. The van der Waals surface area contributed by atoms with Crippen LogP contribution in [0.3, 0.4) is 0 Å². The van der Waals surface area contributed by atoms with Crippen molar-refractivity contribution in [3.8, 4) is 0 Å². The summed E-state index contributed by atoms with van der Waals surface area (Å²) < 4.78 is 26.9. The van der Waals surface area contributed by atoms with E-state index < -0.39 is 16.1 Å². The van der Waals surface area contributed by atoms with Crippen LogP contribution in [0.15, 0.2) is 23.1 Å². The van der Waals surface area contributed by atoms with Gasteiger partial charge in [0.05, 0.1) is 17.7 Å². The Morgan fingerprint density at radius 1 is 1.50 bits per heavy atom. The van der Waals surface area contributed by atoms with Gasteiger partial charge in [0.25, 0.3) is 0 Å². The molecule has 0 fully saturated rings. The van der Waals surface area contributed by atoms with Crippen molar-refractivity contribution in [2.75, 3.05) is 0 Å². The zero-order valence-electron chi connectivity index (χ0n) is 10.4. The molecule has 108 valence electrons. The van der Waals surface area contributed by atoms with Crippen LogP contribution in [-0.2, 0) is 16.6 Å². The lowest BCUT2D eigenvalue weighted by atomic mass is 10.2. The average molecular weight is 318 g/mol. The molecule has 0 saturated carbocycles. The summed E-state index contributed by atoms with van der Waals surface area (Å²) in [5.74, 6) is 0.211. The summed E-state index contributed by atoms with van der Waals surface area (Å²) >= 11 is 5.90. The minimum Gasteiger partial charge on any atom is -0.392 e. The number of tetrazole rings is 1. The first-order valence-corrected chi connectivity index (χ1v) is 7.45. The van der Waals surface area contributed by atoms with Crippen molar-refractivity contribution in [2.24, 2.45) is 0 Å². The van der Waals surface area contributed by atoms with Gasteiger partial charge in [-0.25, -0.2) is 13.1 Å². The van der Waals surface area contributed by atoms with E-state index in [4.69, 9.17) is 16.7 Å². The highest BCUT2D eigenvalue weighted by Gasteiger charge is 2.23. The van der Waals surface area contributed by atoms with Crippen LogP contribution in [0.5, 0.6) is 0 Å². The Balaban J connectivity index is 2.31. The third-order valence-electron chi connectivity index (χ3n) is 2.55. The van der Waals surface area contributed by atoms with Gasteiger partial charge in [-0.1, -0.05) is 22.9 Å². The summed E-state index contributed by atoms with van der Waals surface area (Å²) in [5.41, 5.74) is 0.446. The molecule has 1 heterocycles. The second-order valence-corrected chi connectivity index (χ2v) is 6.13. The fraction of sp³-hybridized carbons (Fsp3) is 0.300. The molecular formula is C10H12ClN5O3S. The molecule has 0 saturated heterocycles. The third kappa shape index (κ3) is 3.12. The van der Waals surface area contributed by atoms with Gasteiger partial charge < -0.3 is 5.11 Å². The number of benzene rings is 1. The molecule has 10 heteroatoms. The van der Waals surface area contributed by atoms with E-state index in [9.17, 15) is 8.42 Å². The third-order valence-corrected chi connectivity index (χ3v) is 4.57. The number of H-pyrrole nitrogens is 1. The Kier molecular flexibility index (Phi) is 4.33. The van der Waals surface area contributed by atoms with Crippen molar-refractivity contribution in [1.29, 1.82) is 0 Å². The first-order valence-electron chi connectivity index (χ1n) is 5.59. The molecule has 0 spiro atoms. The van der Waals surface area contributed by atoms with Crippen molar-refractivity contribution in [1.82, 2.24) is 25.3 Å². The van der Waals surface area contributed by atoms with Crippen LogP contribution >= 0.6 is 11.6 Å². The van der Waals surface area contributed by atoms with Crippen LogP contribution < -0.4 is 4.72 Å². The molecular weight excluding hydrogens is 306 g/mol. The Hall–Kier alpha value is -1.55. The van der Waals surface area contributed by atoms with Gasteiger partial charge in [0, 0.05) is 0 Å². The number of hydrogen-bond acceptors (Lipinski definition) is 6. The highest BCUT2D eigenvalue weighted by molar-refractivity contribution is 7.89. The molecule has 8 nitrogen and oxygen atoms in total. The van der Waals surface area contributed by atoms with Crippen LogP contribution in [0, 0.1) is 0 Å². The average Bonchev–Trinajstić information content (AvgIpc) is 2.92. The summed E-state index contributed by atoms with van der Waals surface area (Å²) in [6, 6.07) is 3.60. The number of rotatable bonds is 5. The molecule has 20 heavy (non-hydrogen) atoms. The summed E-state index contributed by atoms with van der Waals surface area (Å²) in [6.07, 6.45) is 0. The SMILES string of the molecule is CC(NS(=O)(=O)c1cc(CO)ccc1Cl)c1nn[nH]n1. The van der Waals surface area contributed by atoms with Gasteiger partial charge in [-0.3, -0.25) is 0 Å². The monoisotopic (exact) mass is 317 g/mol. The molecule has 2 aromatic rings. The number of aromatic amines is 1. The van der Waals surface area contributed by atoms with Crippen molar-refractivity contribution in [2.45, 2.75) is 24.5 Å². The molecule has 0 aliphatic carbocycles. The van der Waals surface area contributed by atoms with Crippen LogP contribution in [0.4, 0.5) is 0 Å². The molecule has 1 atom stereocenters. The highest BCUT2D eigenvalue weighted by atomic mass is 35.5. The summed E-state index contributed by atoms with van der Waals surface area (Å²) in [5, 5.41) is 22.1. The fourth-order valence-corrected chi connectivity index (χ4v) is 3.31. The number of nitrogens with zero attached hydrogens (tertiary/aromatic N) is 3. The van der Waals surface area contributed by atoms with E-state index >= 15 is 0 Å². The number of halogens is 1. The quantitative estimate of drug-likeness (QED) is 0.733. The Bertz CT molecular complexity index is 689. The molecule has 1 aromatic carbocycles. The molecule has 1 aromatic heterocycles. The first-order chi connectivity index (χ1) is 9.44. The Morgan fingerprint density at radius 2 is 2.25 bits per heavy atom. The molecule has 0 radical (unpaired) electrons. The molecule has 0 aliphatic rings. The van der Waals surface area contributed by atoms with Gasteiger partial charge in [0.15, 0.2) is 5.82 Å². The summed E-state index contributed by atoms with van der Waals surface area (Å²) in [7, 11) is -3.86. The van der Waals surface area contributed by atoms with Gasteiger partial charge >= 0.3 is 0 Å². The highest BCUT2D eigenvalue weighted by Crippen LogP contribution is 2.24. The zero-order chi connectivity index (χ0) is 14.8. The van der Waals surface area contributed by atoms with E-state index in [1.54, 1.807) is 13.0 Å². The predicted octanol–water partition coefficient (Wildman–Crippen LogP) is 0.385. The van der Waals surface area contributed by atoms with E-state index in [1.165, 1.54) is 12.1 Å². The molecule has 3 N–H and O–H groups in total. The van der Waals surface area contributed by atoms with Crippen molar-refractivity contribution in [3.63, 3.8) is 0 Å². The number of hydrogen-bond donors (Lipinski definition) is 3. The van der Waals surface area contributed by atoms with E-state index in [0.717, 1.165) is 0 Å². The minimum absolute atomic E-state index is 0.0648. The van der Waals surface area contributed by atoms with Crippen LogP contribution in [0.25, 0.3) is 0 Å². The van der Waals surface area contributed by atoms with Crippen LogP contribution in [0.1, 0.15) is 24.4 Å². The van der Waals surface area contributed by atoms with E-state index in [1.807, 2.05) is 0 Å². The largest absolute Gasteiger partial charge is 0.392 e. The number of nitrogens with one attached hydrogen (secondary N) is 2. The Labute approximate surface area is 120 Å². The smallest absolute Gasteiger partial charge is 0.242 e. The van der Waals surface area contributed by atoms with Crippen molar-refractivity contribution < 1.29 is 13.5 Å². The molecule has 1 unspecified atom stereocenters. The van der Waals surface area contributed by atoms with Gasteiger partial charge in [-0.2, -0.15) is 5.21 Å². The summed E-state index contributed by atoms with van der Waals surface area (Å²) in [4.78, 5) is -0.110.